The molecular formula is C22H26N4O5S. The molecule has 1 amide bonds. The lowest BCUT2D eigenvalue weighted by Gasteiger charge is -2.24. The predicted octanol–water partition coefficient (Wildman–Crippen LogP) is 2.92. The molecule has 0 unspecified atom stereocenters. The van der Waals surface area contributed by atoms with Crippen LogP contribution in [0.1, 0.15) is 24.3 Å². The topological polar surface area (TPSA) is 115 Å². The van der Waals surface area contributed by atoms with Gasteiger partial charge >= 0.3 is 0 Å². The number of nitrogens with one attached hydrogen (secondary N) is 1. The molecule has 2 aromatic carbocycles. The second kappa shape index (κ2) is 10.3. The van der Waals surface area contributed by atoms with Gasteiger partial charge in [-0.1, -0.05) is 35.5 Å². The molecule has 10 heteroatoms. The summed E-state index contributed by atoms with van der Waals surface area (Å²) in [5.41, 5.74) is 2.21. The molecule has 3 rings (SSSR count). The number of para-hydroxylation sites is 1. The minimum absolute atomic E-state index is 0.0867. The fraction of sp³-hybridized carbons (Fsp3) is 0.318. The van der Waals surface area contributed by atoms with Crippen LogP contribution in [0.4, 0.5) is 5.69 Å². The molecule has 0 saturated carbocycles. The molecule has 1 N–H and O–H groups in total. The number of aromatic nitrogens is 2. The van der Waals surface area contributed by atoms with Gasteiger partial charge in [0.1, 0.15) is 5.75 Å². The first-order valence-electron chi connectivity index (χ1n) is 10.0. The minimum Gasteiger partial charge on any atom is -0.497 e. The summed E-state index contributed by atoms with van der Waals surface area (Å²) in [4.78, 5) is 16.5. The predicted molar refractivity (Wildman–Crippen MR) is 121 cm³/mol. The Morgan fingerprint density at radius 2 is 1.97 bits per heavy atom. The summed E-state index contributed by atoms with van der Waals surface area (Å²) < 4.78 is 36.2. The highest BCUT2D eigenvalue weighted by molar-refractivity contribution is 7.92. The van der Waals surface area contributed by atoms with Gasteiger partial charge in [-0.25, -0.2) is 8.42 Å². The minimum atomic E-state index is -3.46. The summed E-state index contributed by atoms with van der Waals surface area (Å²) >= 11 is 0. The molecule has 1 aromatic heterocycles. The summed E-state index contributed by atoms with van der Waals surface area (Å²) in [5.74, 6) is 1.12. The quantitative estimate of drug-likeness (QED) is 0.497. The fourth-order valence-corrected chi connectivity index (χ4v) is 4.18. The first-order chi connectivity index (χ1) is 15.3. The highest BCUT2D eigenvalue weighted by atomic mass is 32.2. The first kappa shape index (κ1) is 23.3. The molecule has 32 heavy (non-hydrogen) atoms. The van der Waals surface area contributed by atoms with Crippen LogP contribution in [0.5, 0.6) is 5.75 Å². The van der Waals surface area contributed by atoms with E-state index >= 15 is 0 Å². The lowest BCUT2D eigenvalue weighted by atomic mass is 10.2. The van der Waals surface area contributed by atoms with E-state index in [1.807, 2.05) is 37.3 Å². The van der Waals surface area contributed by atoms with Gasteiger partial charge in [0.15, 0.2) is 0 Å². The second-order valence-electron chi connectivity index (χ2n) is 7.25. The van der Waals surface area contributed by atoms with Crippen LogP contribution in [-0.2, 0) is 21.4 Å². The highest BCUT2D eigenvalue weighted by Gasteiger charge is 2.19. The Hall–Kier alpha value is -3.40. The van der Waals surface area contributed by atoms with Gasteiger partial charge in [-0.2, -0.15) is 4.98 Å². The van der Waals surface area contributed by atoms with Gasteiger partial charge in [-0.3, -0.25) is 9.10 Å². The van der Waals surface area contributed by atoms with E-state index in [0.29, 0.717) is 23.7 Å². The number of methoxy groups -OCH3 is 1. The molecule has 9 nitrogen and oxygen atoms in total. The number of benzene rings is 2. The van der Waals surface area contributed by atoms with Crippen molar-refractivity contribution in [1.29, 1.82) is 0 Å². The summed E-state index contributed by atoms with van der Waals surface area (Å²) in [5, 5.41) is 6.65. The first-order valence-corrected chi connectivity index (χ1v) is 11.9. The van der Waals surface area contributed by atoms with Gasteiger partial charge < -0.3 is 14.6 Å². The molecule has 170 valence electrons. The molecule has 0 aliphatic rings. The van der Waals surface area contributed by atoms with Crippen LogP contribution in [0.2, 0.25) is 0 Å². The maximum Gasteiger partial charge on any atom is 0.246 e. The average Bonchev–Trinajstić information content (AvgIpc) is 3.24. The Morgan fingerprint density at radius 1 is 1.19 bits per heavy atom. The number of aryl methyl sites for hydroxylation is 1. The zero-order chi connectivity index (χ0) is 23.1. The number of nitrogens with zero attached hydrogens (tertiary/aromatic N) is 3. The third-order valence-corrected chi connectivity index (χ3v) is 5.96. The Balaban J connectivity index is 1.52. The molecular weight excluding hydrogens is 432 g/mol. The van der Waals surface area contributed by atoms with E-state index in [-0.39, 0.29) is 31.3 Å². The molecule has 0 aliphatic heterocycles. The number of amides is 1. The monoisotopic (exact) mass is 458 g/mol. The molecule has 0 atom stereocenters. The van der Waals surface area contributed by atoms with Crippen LogP contribution in [-0.4, -0.2) is 44.4 Å². The summed E-state index contributed by atoms with van der Waals surface area (Å²) in [6.07, 6.45) is 1.69. The van der Waals surface area contributed by atoms with Crippen LogP contribution in [0.3, 0.4) is 0 Å². The van der Waals surface area contributed by atoms with E-state index in [9.17, 15) is 13.2 Å². The number of rotatable bonds is 10. The smallest absolute Gasteiger partial charge is 0.246 e. The Kier molecular flexibility index (Phi) is 7.47. The zero-order valence-electron chi connectivity index (χ0n) is 18.2. The van der Waals surface area contributed by atoms with Crippen molar-refractivity contribution in [1.82, 2.24) is 15.5 Å². The van der Waals surface area contributed by atoms with Gasteiger partial charge in [0, 0.05) is 18.5 Å². The Labute approximate surface area is 187 Å². The van der Waals surface area contributed by atoms with E-state index < -0.39 is 10.0 Å². The maximum atomic E-state index is 12.2. The van der Waals surface area contributed by atoms with Crippen molar-refractivity contribution in [2.24, 2.45) is 0 Å². The number of sulfonamides is 1. The number of carbonyl (C=O) groups excluding carboxylic acids is 1. The van der Waals surface area contributed by atoms with E-state index in [2.05, 4.69) is 15.5 Å². The number of ether oxygens (including phenoxy) is 1. The second-order valence-corrected chi connectivity index (χ2v) is 9.15. The average molecular weight is 459 g/mol. The van der Waals surface area contributed by atoms with Gasteiger partial charge in [0.2, 0.25) is 27.6 Å². The molecule has 0 fully saturated rings. The van der Waals surface area contributed by atoms with Crippen LogP contribution in [0.25, 0.3) is 11.4 Å². The molecule has 0 bridgehead atoms. The van der Waals surface area contributed by atoms with Crippen LogP contribution >= 0.6 is 0 Å². The van der Waals surface area contributed by atoms with Crippen LogP contribution in [0, 0.1) is 6.92 Å². The zero-order valence-corrected chi connectivity index (χ0v) is 19.1. The maximum absolute atomic E-state index is 12.2. The SMILES string of the molecule is COc1cccc(-c2noc(CNC(=O)CCCN(c3ccccc3C)S(C)(=O)=O)n2)c1. The largest absolute Gasteiger partial charge is 0.497 e. The lowest BCUT2D eigenvalue weighted by molar-refractivity contribution is -0.121. The number of hydrogen-bond donors (Lipinski definition) is 1. The third-order valence-electron chi connectivity index (χ3n) is 4.78. The number of carbonyl (C=O) groups is 1. The molecule has 0 radical (unpaired) electrons. The van der Waals surface area contributed by atoms with Crippen LogP contribution in [0.15, 0.2) is 53.1 Å². The summed E-state index contributed by atoms with van der Waals surface area (Å²) in [6, 6.07) is 14.5. The van der Waals surface area contributed by atoms with Crippen molar-refractivity contribution in [2.45, 2.75) is 26.3 Å². The van der Waals surface area contributed by atoms with Crippen molar-refractivity contribution in [2.75, 3.05) is 24.2 Å². The van der Waals surface area contributed by atoms with E-state index in [4.69, 9.17) is 9.26 Å². The van der Waals surface area contributed by atoms with Gasteiger partial charge in [-0.15, -0.1) is 0 Å². The van der Waals surface area contributed by atoms with Crippen molar-refractivity contribution < 1.29 is 22.5 Å². The molecule has 1 heterocycles. The number of hydrogen-bond acceptors (Lipinski definition) is 7. The van der Waals surface area contributed by atoms with Crippen molar-refractivity contribution in [3.8, 4) is 17.1 Å². The van der Waals surface area contributed by atoms with Gasteiger partial charge in [-0.05, 0) is 37.1 Å². The van der Waals surface area contributed by atoms with Gasteiger partial charge in [0.25, 0.3) is 0 Å². The molecule has 0 aliphatic carbocycles. The van der Waals surface area contributed by atoms with E-state index in [1.54, 1.807) is 25.3 Å². The molecule has 0 spiro atoms. The van der Waals surface area contributed by atoms with Crippen molar-refractivity contribution in [3.05, 3.63) is 60.0 Å². The normalized spacial score (nSPS) is 11.2. The van der Waals surface area contributed by atoms with Crippen molar-refractivity contribution >= 4 is 21.6 Å². The van der Waals surface area contributed by atoms with E-state index in [0.717, 1.165) is 17.4 Å². The fourth-order valence-electron chi connectivity index (χ4n) is 3.16. The summed E-state index contributed by atoms with van der Waals surface area (Å²) in [7, 11) is -1.89. The Bertz CT molecular complexity index is 1180. The van der Waals surface area contributed by atoms with Crippen LogP contribution < -0.4 is 14.4 Å². The van der Waals surface area contributed by atoms with Gasteiger partial charge in [0.05, 0.1) is 25.6 Å². The number of anilines is 1. The third kappa shape index (κ3) is 6.07. The molecule has 0 saturated heterocycles. The lowest BCUT2D eigenvalue weighted by Crippen LogP contribution is -2.32. The summed E-state index contributed by atoms with van der Waals surface area (Å²) in [6.45, 7) is 2.14. The molecule has 3 aromatic rings. The van der Waals surface area contributed by atoms with Crippen molar-refractivity contribution in [3.63, 3.8) is 0 Å². The highest BCUT2D eigenvalue weighted by Crippen LogP contribution is 2.23. The van der Waals surface area contributed by atoms with E-state index in [1.165, 1.54) is 4.31 Å². The Morgan fingerprint density at radius 3 is 2.69 bits per heavy atom. The standard InChI is InChI=1S/C22H26N4O5S/c1-16-8-4-5-11-19(16)26(32(3,28)29)13-7-12-20(27)23-15-21-24-22(25-31-21)17-9-6-10-18(14-17)30-2/h4-6,8-11,14H,7,12-13,15H2,1-3H3,(H,23,27).